The average molecular weight is 497 g/mol. The lowest BCUT2D eigenvalue weighted by atomic mass is 10.0. The molecule has 2 aromatic carbocycles. The second-order valence-electron chi connectivity index (χ2n) is 11.0. The second-order valence-corrected chi connectivity index (χ2v) is 11.0. The number of para-hydroxylation sites is 1. The SMILES string of the molecule is CCCCCCCCc1ccccc1OC(C)CCOC(=O)C(C)CC[N+](C)(C)Cc1ccccc1. The Bertz CT molecular complexity index is 865. The van der Waals surface area contributed by atoms with Crippen LogP contribution in [0.25, 0.3) is 0 Å². The van der Waals surface area contributed by atoms with Gasteiger partial charge in [0.2, 0.25) is 0 Å². The van der Waals surface area contributed by atoms with Gasteiger partial charge in [-0.1, -0.05) is 94.5 Å². The largest absolute Gasteiger partial charge is 0.490 e. The maximum Gasteiger partial charge on any atom is 0.308 e. The van der Waals surface area contributed by atoms with E-state index in [1.807, 2.05) is 19.1 Å². The van der Waals surface area contributed by atoms with Crippen molar-refractivity contribution in [3.8, 4) is 5.75 Å². The third-order valence-electron chi connectivity index (χ3n) is 6.89. The van der Waals surface area contributed by atoms with Gasteiger partial charge in [-0.25, -0.2) is 0 Å². The highest BCUT2D eigenvalue weighted by Gasteiger charge is 2.22. The van der Waals surface area contributed by atoms with E-state index < -0.39 is 0 Å². The summed E-state index contributed by atoms with van der Waals surface area (Å²) in [7, 11) is 4.43. The highest BCUT2D eigenvalue weighted by Crippen LogP contribution is 2.23. The van der Waals surface area contributed by atoms with Crippen LogP contribution in [0.1, 0.15) is 83.3 Å². The van der Waals surface area contributed by atoms with Crippen molar-refractivity contribution < 1.29 is 18.8 Å². The molecule has 0 aromatic heterocycles. The minimum Gasteiger partial charge on any atom is -0.490 e. The van der Waals surface area contributed by atoms with Gasteiger partial charge in [-0.2, -0.15) is 0 Å². The van der Waals surface area contributed by atoms with E-state index >= 15 is 0 Å². The molecule has 2 aromatic rings. The summed E-state index contributed by atoms with van der Waals surface area (Å²) in [6.07, 6.45) is 10.3. The Balaban J connectivity index is 1.68. The Morgan fingerprint density at radius 1 is 0.861 bits per heavy atom. The van der Waals surface area contributed by atoms with Gasteiger partial charge in [0.25, 0.3) is 0 Å². The van der Waals surface area contributed by atoms with Gasteiger partial charge in [-0.05, 0) is 31.4 Å². The smallest absolute Gasteiger partial charge is 0.308 e. The molecule has 2 rings (SSSR count). The molecule has 0 fully saturated rings. The summed E-state index contributed by atoms with van der Waals surface area (Å²) in [6.45, 7) is 8.57. The number of rotatable bonds is 18. The molecule has 0 spiro atoms. The van der Waals surface area contributed by atoms with Crippen LogP contribution in [0.3, 0.4) is 0 Å². The van der Waals surface area contributed by atoms with Gasteiger partial charge < -0.3 is 14.0 Å². The Hall–Kier alpha value is -2.33. The molecule has 0 bridgehead atoms. The Kier molecular flexibility index (Phi) is 13.6. The van der Waals surface area contributed by atoms with E-state index in [4.69, 9.17) is 9.47 Å². The van der Waals surface area contributed by atoms with Crippen LogP contribution >= 0.6 is 0 Å². The van der Waals surface area contributed by atoms with Gasteiger partial charge in [0.1, 0.15) is 12.3 Å². The number of hydrogen-bond acceptors (Lipinski definition) is 3. The average Bonchev–Trinajstić information content (AvgIpc) is 2.86. The first kappa shape index (κ1) is 29.9. The third-order valence-corrected chi connectivity index (χ3v) is 6.89. The van der Waals surface area contributed by atoms with Crippen LogP contribution in [-0.2, 0) is 22.5 Å². The summed E-state index contributed by atoms with van der Waals surface area (Å²) >= 11 is 0. The molecular formula is C32H50NO3+. The molecule has 200 valence electrons. The van der Waals surface area contributed by atoms with Crippen molar-refractivity contribution in [1.82, 2.24) is 0 Å². The summed E-state index contributed by atoms with van der Waals surface area (Å²) in [5.74, 6) is 0.759. The fourth-order valence-corrected chi connectivity index (χ4v) is 4.48. The van der Waals surface area contributed by atoms with Crippen LogP contribution in [0.5, 0.6) is 5.75 Å². The summed E-state index contributed by atoms with van der Waals surface area (Å²) in [5.41, 5.74) is 2.60. The minimum absolute atomic E-state index is 0.000262. The van der Waals surface area contributed by atoms with E-state index in [9.17, 15) is 4.79 Å². The van der Waals surface area contributed by atoms with Crippen LogP contribution in [0.2, 0.25) is 0 Å². The molecule has 0 saturated heterocycles. The van der Waals surface area contributed by atoms with E-state index in [2.05, 4.69) is 70.4 Å². The van der Waals surface area contributed by atoms with Gasteiger partial charge in [0.05, 0.1) is 39.3 Å². The van der Waals surface area contributed by atoms with Crippen molar-refractivity contribution >= 4 is 5.97 Å². The van der Waals surface area contributed by atoms with Crippen LogP contribution in [-0.4, -0.2) is 43.8 Å². The molecule has 0 aliphatic rings. The van der Waals surface area contributed by atoms with E-state index in [0.29, 0.717) is 13.0 Å². The van der Waals surface area contributed by atoms with E-state index in [1.165, 1.54) is 49.7 Å². The molecular weight excluding hydrogens is 446 g/mol. The van der Waals surface area contributed by atoms with E-state index in [1.54, 1.807) is 0 Å². The normalized spacial score (nSPS) is 13.2. The number of nitrogens with zero attached hydrogens (tertiary/aromatic N) is 1. The van der Waals surface area contributed by atoms with Gasteiger partial charge in [-0.15, -0.1) is 0 Å². The zero-order valence-corrected chi connectivity index (χ0v) is 23.5. The summed E-state index contributed by atoms with van der Waals surface area (Å²) < 4.78 is 12.7. The zero-order chi connectivity index (χ0) is 26.2. The molecule has 0 aliphatic carbocycles. The third kappa shape index (κ3) is 12.1. The molecule has 2 unspecified atom stereocenters. The molecule has 0 N–H and O–H groups in total. The van der Waals surface area contributed by atoms with E-state index in [-0.39, 0.29) is 18.0 Å². The summed E-state index contributed by atoms with van der Waals surface area (Å²) in [5, 5.41) is 0. The second kappa shape index (κ2) is 16.4. The number of unbranched alkanes of at least 4 members (excludes halogenated alkanes) is 5. The lowest BCUT2D eigenvalue weighted by molar-refractivity contribution is -0.904. The van der Waals surface area contributed by atoms with Gasteiger partial charge in [-0.3, -0.25) is 4.79 Å². The quantitative estimate of drug-likeness (QED) is 0.121. The molecule has 4 nitrogen and oxygen atoms in total. The number of carbonyl (C=O) groups excluding carboxylic acids is 1. The fraction of sp³-hybridized carbons (Fsp3) is 0.594. The van der Waals surface area contributed by atoms with Crippen molar-refractivity contribution in [3.05, 3.63) is 65.7 Å². The van der Waals surface area contributed by atoms with Crippen LogP contribution < -0.4 is 4.74 Å². The number of quaternary nitrogens is 1. The first-order valence-electron chi connectivity index (χ1n) is 14.1. The molecule has 0 saturated carbocycles. The van der Waals surface area contributed by atoms with Crippen molar-refractivity contribution in [3.63, 3.8) is 0 Å². The maximum atomic E-state index is 12.6. The monoisotopic (exact) mass is 496 g/mol. The molecule has 4 heteroatoms. The Morgan fingerprint density at radius 2 is 1.53 bits per heavy atom. The topological polar surface area (TPSA) is 35.5 Å². The Labute approximate surface area is 220 Å². The summed E-state index contributed by atoms with van der Waals surface area (Å²) in [4.78, 5) is 12.6. The summed E-state index contributed by atoms with van der Waals surface area (Å²) in [6, 6.07) is 18.9. The number of carbonyl (C=O) groups is 1. The van der Waals surface area contributed by atoms with Gasteiger partial charge in [0.15, 0.2) is 0 Å². The molecule has 0 amide bonds. The number of aryl methyl sites for hydroxylation is 1. The molecule has 0 aliphatic heterocycles. The lowest BCUT2D eigenvalue weighted by Crippen LogP contribution is -2.40. The molecule has 2 atom stereocenters. The number of hydrogen-bond donors (Lipinski definition) is 0. The van der Waals surface area contributed by atoms with Gasteiger partial charge in [0, 0.05) is 18.4 Å². The van der Waals surface area contributed by atoms with Crippen molar-refractivity contribution in [2.45, 2.75) is 91.2 Å². The number of esters is 1. The highest BCUT2D eigenvalue weighted by atomic mass is 16.5. The fourth-order valence-electron chi connectivity index (χ4n) is 4.48. The lowest BCUT2D eigenvalue weighted by Gasteiger charge is -2.30. The van der Waals surface area contributed by atoms with E-state index in [0.717, 1.165) is 36.2 Å². The van der Waals surface area contributed by atoms with Crippen molar-refractivity contribution in [1.29, 1.82) is 0 Å². The maximum absolute atomic E-state index is 12.6. The molecule has 36 heavy (non-hydrogen) atoms. The zero-order valence-electron chi connectivity index (χ0n) is 23.5. The Morgan fingerprint density at radius 3 is 2.28 bits per heavy atom. The van der Waals surface area contributed by atoms with Gasteiger partial charge >= 0.3 is 5.97 Å². The number of ether oxygens (including phenoxy) is 2. The predicted molar refractivity (Wildman–Crippen MR) is 150 cm³/mol. The van der Waals surface area contributed by atoms with Crippen molar-refractivity contribution in [2.24, 2.45) is 5.92 Å². The van der Waals surface area contributed by atoms with Crippen LogP contribution in [0.15, 0.2) is 54.6 Å². The highest BCUT2D eigenvalue weighted by molar-refractivity contribution is 5.71. The van der Waals surface area contributed by atoms with Crippen LogP contribution in [0, 0.1) is 5.92 Å². The van der Waals surface area contributed by atoms with Crippen molar-refractivity contribution in [2.75, 3.05) is 27.2 Å². The first-order valence-corrected chi connectivity index (χ1v) is 14.1. The standard InChI is InChI=1S/C32H50NO3/c1-6-7-8-9-10-14-19-30-20-15-16-21-31(30)36-28(3)23-25-35-32(34)27(2)22-24-33(4,5)26-29-17-12-11-13-18-29/h11-13,15-18,20-21,27-28H,6-10,14,19,22-26H2,1-5H3/q+1. The predicted octanol–water partition coefficient (Wildman–Crippen LogP) is 7.59. The first-order chi connectivity index (χ1) is 17.3. The number of benzene rings is 2. The molecule has 0 heterocycles. The minimum atomic E-state index is -0.106. The molecule has 0 radical (unpaired) electrons. The van der Waals surface area contributed by atoms with Crippen LogP contribution in [0.4, 0.5) is 0 Å².